The van der Waals surface area contributed by atoms with Crippen LogP contribution in [0.15, 0.2) is 23.8 Å². The van der Waals surface area contributed by atoms with E-state index in [-0.39, 0.29) is 11.7 Å². The Hall–Kier alpha value is -1.97. The number of ether oxygens (including phenoxy) is 1. The summed E-state index contributed by atoms with van der Waals surface area (Å²) in [6.07, 6.45) is 9.58. The summed E-state index contributed by atoms with van der Waals surface area (Å²) in [6, 6.07) is 3.77. The molecule has 28 heavy (non-hydrogen) atoms. The van der Waals surface area contributed by atoms with Crippen molar-refractivity contribution in [1.82, 2.24) is 0 Å². The molecule has 0 radical (unpaired) electrons. The molecule has 2 unspecified atom stereocenters. The first-order valence-corrected chi connectivity index (χ1v) is 10.8. The van der Waals surface area contributed by atoms with E-state index < -0.39 is 12.6 Å². The number of unbranched alkanes of at least 4 members (excludes halogenated alkanes) is 2. The molecule has 1 aromatic carbocycles. The van der Waals surface area contributed by atoms with Crippen molar-refractivity contribution in [2.24, 2.45) is 5.92 Å². The van der Waals surface area contributed by atoms with Crippen molar-refractivity contribution in [3.05, 3.63) is 34.9 Å². The van der Waals surface area contributed by atoms with Gasteiger partial charge in [-0.05, 0) is 56.2 Å². The second kappa shape index (κ2) is 12.5. The maximum Gasteiger partial charge on any atom is 0.341 e. The van der Waals surface area contributed by atoms with Gasteiger partial charge in [-0.15, -0.1) is 0 Å². The van der Waals surface area contributed by atoms with Crippen LogP contribution in [0.3, 0.4) is 0 Å². The monoisotopic (exact) mass is 390 g/mol. The molecule has 2 N–H and O–H groups in total. The number of hydrogen-bond acceptors (Lipinski definition) is 3. The minimum absolute atomic E-state index is 0.0715. The number of carboxylic acid groups (broad SMARTS) is 1. The summed E-state index contributed by atoms with van der Waals surface area (Å²) in [5, 5.41) is 19.8. The standard InChI is InChI=1S/C22H32O4.C2H6/c1-4-6-7-8-16-12-19(23)22(20(13-16)26-14-21(24)25)18-11-15(3)9-10-17(18)5-2;1-2/h11-13,17-18,23H,4-10,14H2,1-3H3,(H,24,25);1-2H3. The first-order chi connectivity index (χ1) is 13.5. The van der Waals surface area contributed by atoms with Crippen LogP contribution >= 0.6 is 0 Å². The smallest absolute Gasteiger partial charge is 0.341 e. The molecular formula is C24H38O4. The lowest BCUT2D eigenvalue weighted by Gasteiger charge is -2.31. The van der Waals surface area contributed by atoms with Crippen LogP contribution in [-0.4, -0.2) is 22.8 Å². The number of phenols is 1. The third kappa shape index (κ3) is 6.88. The molecule has 0 aliphatic heterocycles. The van der Waals surface area contributed by atoms with Gasteiger partial charge in [-0.2, -0.15) is 0 Å². The molecule has 4 nitrogen and oxygen atoms in total. The molecule has 0 spiro atoms. The highest BCUT2D eigenvalue weighted by atomic mass is 16.5. The fourth-order valence-corrected chi connectivity index (χ4v) is 3.88. The number of phenolic OH excluding ortho intramolecular Hbond substituents is 1. The zero-order valence-corrected chi connectivity index (χ0v) is 18.3. The fraction of sp³-hybridized carbons (Fsp3) is 0.625. The van der Waals surface area contributed by atoms with Crippen LogP contribution in [0.2, 0.25) is 0 Å². The van der Waals surface area contributed by atoms with Crippen molar-refractivity contribution >= 4 is 5.97 Å². The first-order valence-electron chi connectivity index (χ1n) is 10.8. The molecule has 1 aromatic rings. The molecule has 0 bridgehead atoms. The lowest BCUT2D eigenvalue weighted by Crippen LogP contribution is -2.18. The maximum atomic E-state index is 11.0. The van der Waals surface area contributed by atoms with Gasteiger partial charge in [0.15, 0.2) is 6.61 Å². The van der Waals surface area contributed by atoms with Crippen molar-refractivity contribution in [2.75, 3.05) is 6.61 Å². The molecule has 0 fully saturated rings. The summed E-state index contributed by atoms with van der Waals surface area (Å²) in [5.74, 6) is 0.251. The van der Waals surface area contributed by atoms with Gasteiger partial charge in [-0.3, -0.25) is 0 Å². The number of aliphatic carboxylic acids is 1. The van der Waals surface area contributed by atoms with E-state index in [0.29, 0.717) is 11.7 Å². The summed E-state index contributed by atoms with van der Waals surface area (Å²) >= 11 is 0. The summed E-state index contributed by atoms with van der Waals surface area (Å²) in [5.41, 5.74) is 3.07. The third-order valence-corrected chi connectivity index (χ3v) is 5.34. The van der Waals surface area contributed by atoms with E-state index in [0.717, 1.165) is 56.1 Å². The van der Waals surface area contributed by atoms with E-state index in [1.807, 2.05) is 26.0 Å². The van der Waals surface area contributed by atoms with E-state index in [4.69, 9.17) is 9.84 Å². The Bertz CT molecular complexity index is 648. The average Bonchev–Trinajstić information content (AvgIpc) is 2.68. The molecule has 0 saturated heterocycles. The number of hydrogen-bond donors (Lipinski definition) is 2. The lowest BCUT2D eigenvalue weighted by molar-refractivity contribution is -0.139. The highest BCUT2D eigenvalue weighted by Gasteiger charge is 2.29. The Labute approximate surface area is 170 Å². The predicted molar refractivity (Wildman–Crippen MR) is 115 cm³/mol. The second-order valence-electron chi connectivity index (χ2n) is 7.41. The lowest BCUT2D eigenvalue weighted by atomic mass is 9.75. The second-order valence-corrected chi connectivity index (χ2v) is 7.41. The van der Waals surface area contributed by atoms with Crippen LogP contribution in [0, 0.1) is 5.92 Å². The molecule has 1 aliphatic carbocycles. The van der Waals surface area contributed by atoms with E-state index in [9.17, 15) is 9.90 Å². The Morgan fingerprint density at radius 2 is 1.93 bits per heavy atom. The molecule has 4 heteroatoms. The molecule has 0 heterocycles. The quantitative estimate of drug-likeness (QED) is 0.375. The Kier molecular flexibility index (Phi) is 10.7. The maximum absolute atomic E-state index is 11.0. The van der Waals surface area contributed by atoms with Gasteiger partial charge in [0, 0.05) is 11.5 Å². The molecule has 0 aromatic heterocycles. The SMILES string of the molecule is CC.CCCCCc1cc(O)c(C2C=C(C)CCC2CC)c(OCC(=O)O)c1. The largest absolute Gasteiger partial charge is 0.507 e. The van der Waals surface area contributed by atoms with E-state index in [1.165, 1.54) is 5.57 Å². The van der Waals surface area contributed by atoms with Gasteiger partial charge in [0.05, 0.1) is 0 Å². The van der Waals surface area contributed by atoms with Crippen LogP contribution in [0.4, 0.5) is 0 Å². The summed E-state index contributed by atoms with van der Waals surface area (Å²) in [4.78, 5) is 11.0. The summed E-state index contributed by atoms with van der Waals surface area (Å²) < 4.78 is 5.62. The highest BCUT2D eigenvalue weighted by molar-refractivity contribution is 5.68. The van der Waals surface area contributed by atoms with Gasteiger partial charge in [0.25, 0.3) is 0 Å². The molecule has 0 saturated carbocycles. The normalized spacial score (nSPS) is 18.7. The minimum Gasteiger partial charge on any atom is -0.507 e. The Morgan fingerprint density at radius 3 is 2.54 bits per heavy atom. The van der Waals surface area contributed by atoms with Crippen LogP contribution in [0.5, 0.6) is 11.5 Å². The van der Waals surface area contributed by atoms with E-state index in [1.54, 1.807) is 0 Å². The zero-order valence-electron chi connectivity index (χ0n) is 18.3. The van der Waals surface area contributed by atoms with Crippen molar-refractivity contribution < 1.29 is 19.7 Å². The van der Waals surface area contributed by atoms with Crippen molar-refractivity contribution in [3.63, 3.8) is 0 Å². The zero-order chi connectivity index (χ0) is 21.1. The summed E-state index contributed by atoms with van der Waals surface area (Å²) in [6.45, 7) is 10.1. The molecule has 2 atom stereocenters. The van der Waals surface area contributed by atoms with Crippen molar-refractivity contribution in [1.29, 1.82) is 0 Å². The third-order valence-electron chi connectivity index (χ3n) is 5.34. The first kappa shape index (κ1) is 24.1. The van der Waals surface area contributed by atoms with Gasteiger partial charge >= 0.3 is 5.97 Å². The minimum atomic E-state index is -1.01. The van der Waals surface area contributed by atoms with Crippen LogP contribution in [-0.2, 0) is 11.2 Å². The van der Waals surface area contributed by atoms with E-state index in [2.05, 4.69) is 26.8 Å². The number of benzene rings is 1. The Balaban J connectivity index is 0.00000190. The molecule has 2 rings (SSSR count). The average molecular weight is 391 g/mol. The number of aromatic hydroxyl groups is 1. The Morgan fingerprint density at radius 1 is 1.21 bits per heavy atom. The van der Waals surface area contributed by atoms with Gasteiger partial charge in [0.1, 0.15) is 11.5 Å². The summed E-state index contributed by atoms with van der Waals surface area (Å²) in [7, 11) is 0. The molecule has 158 valence electrons. The van der Waals surface area contributed by atoms with Crippen molar-refractivity contribution in [3.8, 4) is 11.5 Å². The number of carboxylic acids is 1. The van der Waals surface area contributed by atoms with Gasteiger partial charge < -0.3 is 14.9 Å². The van der Waals surface area contributed by atoms with Crippen LogP contribution < -0.4 is 4.74 Å². The van der Waals surface area contributed by atoms with Crippen molar-refractivity contribution in [2.45, 2.75) is 85.5 Å². The van der Waals surface area contributed by atoms with E-state index >= 15 is 0 Å². The number of rotatable bonds is 9. The van der Waals surface area contributed by atoms with Gasteiger partial charge in [-0.1, -0.05) is 58.6 Å². The molecule has 0 amide bonds. The van der Waals surface area contributed by atoms with Crippen LogP contribution in [0.1, 0.15) is 90.2 Å². The van der Waals surface area contributed by atoms with Crippen LogP contribution in [0.25, 0.3) is 0 Å². The topological polar surface area (TPSA) is 66.8 Å². The highest BCUT2D eigenvalue weighted by Crippen LogP contribution is 2.46. The molecular weight excluding hydrogens is 352 g/mol. The van der Waals surface area contributed by atoms with Gasteiger partial charge in [-0.25, -0.2) is 4.79 Å². The predicted octanol–water partition coefficient (Wildman–Crippen LogP) is 6.46. The number of carbonyl (C=O) groups is 1. The number of allylic oxidation sites excluding steroid dienone is 2. The van der Waals surface area contributed by atoms with Gasteiger partial charge in [0.2, 0.25) is 0 Å². The number of aryl methyl sites for hydroxylation is 1. The fourth-order valence-electron chi connectivity index (χ4n) is 3.88. The molecule has 1 aliphatic rings.